The molecule has 0 fully saturated rings. The number of aromatic nitrogens is 3. The molecule has 0 bridgehead atoms. The van der Waals surface area contributed by atoms with Crippen molar-refractivity contribution in [3.05, 3.63) is 79.3 Å². The van der Waals surface area contributed by atoms with Gasteiger partial charge in [-0.3, -0.25) is 4.79 Å². The van der Waals surface area contributed by atoms with Gasteiger partial charge >= 0.3 is 0 Å². The van der Waals surface area contributed by atoms with Gasteiger partial charge in [-0.15, -0.1) is 5.10 Å². The van der Waals surface area contributed by atoms with Gasteiger partial charge in [0.05, 0.1) is 4.53 Å². The van der Waals surface area contributed by atoms with Crippen molar-refractivity contribution in [2.45, 2.75) is 6.10 Å². The number of fused-ring (bicyclic) bond motifs is 2. The second kappa shape index (κ2) is 6.47. The second-order valence-electron chi connectivity index (χ2n) is 5.97. The van der Waals surface area contributed by atoms with E-state index in [4.69, 9.17) is 9.47 Å². The second-order valence-corrected chi connectivity index (χ2v) is 7.83. The molecule has 0 saturated carbocycles. The number of nitrogens with zero attached hydrogens (tertiary/aromatic N) is 3. The van der Waals surface area contributed by atoms with Gasteiger partial charge in [0.25, 0.3) is 5.56 Å². The first-order valence-corrected chi connectivity index (χ1v) is 9.84. The number of ether oxygens (including phenoxy) is 2. The zero-order valence-electron chi connectivity index (χ0n) is 13.8. The average molecular weight is 442 g/mol. The minimum atomic E-state index is -0.443. The Balaban J connectivity index is 1.52. The highest BCUT2D eigenvalue weighted by atomic mass is 79.9. The van der Waals surface area contributed by atoms with Gasteiger partial charge in [0.1, 0.15) is 6.61 Å². The van der Waals surface area contributed by atoms with Gasteiger partial charge in [-0.05, 0) is 29.8 Å². The Morgan fingerprint density at radius 1 is 1.15 bits per heavy atom. The van der Waals surface area contributed by atoms with Gasteiger partial charge in [-0.2, -0.15) is 9.50 Å². The SMILES string of the molecule is O=c1/c(=C\c2ccccc2Br)sc2nc(C3COc4ccccc4O3)nn12. The molecule has 2 aromatic carbocycles. The third kappa shape index (κ3) is 2.90. The third-order valence-electron chi connectivity index (χ3n) is 4.19. The van der Waals surface area contributed by atoms with Gasteiger partial charge in [0.15, 0.2) is 23.4 Å². The molecule has 27 heavy (non-hydrogen) atoms. The van der Waals surface area contributed by atoms with Crippen LogP contribution >= 0.6 is 27.3 Å². The highest BCUT2D eigenvalue weighted by molar-refractivity contribution is 9.10. The first-order valence-electron chi connectivity index (χ1n) is 8.23. The fourth-order valence-corrected chi connectivity index (χ4v) is 4.17. The molecule has 6 nitrogen and oxygen atoms in total. The molecular weight excluding hydrogens is 430 g/mol. The van der Waals surface area contributed by atoms with E-state index in [0.717, 1.165) is 10.0 Å². The minimum absolute atomic E-state index is 0.193. The number of hydrogen-bond donors (Lipinski definition) is 0. The third-order valence-corrected chi connectivity index (χ3v) is 5.87. The lowest BCUT2D eigenvalue weighted by Crippen LogP contribution is -2.26. The van der Waals surface area contributed by atoms with E-state index >= 15 is 0 Å². The zero-order valence-corrected chi connectivity index (χ0v) is 16.2. The average Bonchev–Trinajstić information content (AvgIpc) is 3.23. The van der Waals surface area contributed by atoms with Gasteiger partial charge < -0.3 is 9.47 Å². The predicted molar refractivity (Wildman–Crippen MR) is 105 cm³/mol. The molecule has 3 heterocycles. The number of hydrogen-bond acceptors (Lipinski definition) is 6. The molecule has 2 aromatic heterocycles. The Morgan fingerprint density at radius 3 is 2.74 bits per heavy atom. The summed E-state index contributed by atoms with van der Waals surface area (Å²) in [6.45, 7) is 0.305. The molecule has 1 atom stereocenters. The van der Waals surface area contributed by atoms with Crippen LogP contribution in [0.1, 0.15) is 17.5 Å². The van der Waals surface area contributed by atoms with Crippen molar-refractivity contribution >= 4 is 38.3 Å². The first-order chi connectivity index (χ1) is 13.2. The van der Waals surface area contributed by atoms with E-state index in [-0.39, 0.29) is 5.56 Å². The normalized spacial score (nSPS) is 16.8. The molecule has 1 unspecified atom stereocenters. The lowest BCUT2D eigenvalue weighted by Gasteiger charge is -2.24. The maximum absolute atomic E-state index is 12.7. The van der Waals surface area contributed by atoms with E-state index in [1.807, 2.05) is 54.6 Å². The van der Waals surface area contributed by atoms with Crippen LogP contribution in [0.3, 0.4) is 0 Å². The Morgan fingerprint density at radius 2 is 1.93 bits per heavy atom. The smallest absolute Gasteiger partial charge is 0.291 e. The fourth-order valence-electron chi connectivity index (χ4n) is 2.87. The van der Waals surface area contributed by atoms with Crippen LogP contribution in [0.4, 0.5) is 0 Å². The molecule has 0 saturated heterocycles. The van der Waals surface area contributed by atoms with Crippen molar-refractivity contribution in [3.8, 4) is 11.5 Å². The van der Waals surface area contributed by atoms with Crippen LogP contribution < -0.4 is 19.6 Å². The summed E-state index contributed by atoms with van der Waals surface area (Å²) >= 11 is 4.79. The molecule has 4 aromatic rings. The molecule has 134 valence electrons. The van der Waals surface area contributed by atoms with Crippen LogP contribution in [0.25, 0.3) is 11.0 Å². The summed E-state index contributed by atoms with van der Waals surface area (Å²) in [5, 5.41) is 4.36. The summed E-state index contributed by atoms with van der Waals surface area (Å²) in [4.78, 5) is 17.7. The minimum Gasteiger partial charge on any atom is -0.485 e. The standard InChI is InChI=1S/C19H12BrN3O3S/c20-12-6-2-1-5-11(12)9-16-18(24)23-19(27-16)21-17(22-23)15-10-25-13-7-3-4-8-14(13)26-15/h1-9,15H,10H2/b16-9+. The summed E-state index contributed by atoms with van der Waals surface area (Å²) in [6.07, 6.45) is 1.39. The summed E-state index contributed by atoms with van der Waals surface area (Å²) in [7, 11) is 0. The lowest BCUT2D eigenvalue weighted by molar-refractivity contribution is 0.0852. The fraction of sp³-hybridized carbons (Fsp3) is 0.105. The molecule has 8 heteroatoms. The molecule has 0 amide bonds. The van der Waals surface area contributed by atoms with Gasteiger partial charge in [-0.1, -0.05) is 57.6 Å². The Hall–Kier alpha value is -2.71. The highest BCUT2D eigenvalue weighted by Crippen LogP contribution is 2.35. The summed E-state index contributed by atoms with van der Waals surface area (Å²) in [6, 6.07) is 15.2. The summed E-state index contributed by atoms with van der Waals surface area (Å²) in [5.41, 5.74) is 0.738. The first kappa shape index (κ1) is 16.5. The van der Waals surface area contributed by atoms with Crippen LogP contribution in [0.5, 0.6) is 11.5 Å². The van der Waals surface area contributed by atoms with E-state index in [9.17, 15) is 4.79 Å². The maximum atomic E-state index is 12.7. The lowest BCUT2D eigenvalue weighted by atomic mass is 10.2. The van der Waals surface area contributed by atoms with Crippen molar-refractivity contribution < 1.29 is 9.47 Å². The van der Waals surface area contributed by atoms with Crippen molar-refractivity contribution in [3.63, 3.8) is 0 Å². The van der Waals surface area contributed by atoms with Crippen LogP contribution in [-0.2, 0) is 0 Å². The quantitative estimate of drug-likeness (QED) is 0.478. The number of para-hydroxylation sites is 2. The van der Waals surface area contributed by atoms with Crippen molar-refractivity contribution in [1.82, 2.24) is 14.6 Å². The van der Waals surface area contributed by atoms with Crippen molar-refractivity contribution in [1.29, 1.82) is 0 Å². The topological polar surface area (TPSA) is 65.7 Å². The molecule has 5 rings (SSSR count). The maximum Gasteiger partial charge on any atom is 0.291 e. The molecule has 1 aliphatic rings. The van der Waals surface area contributed by atoms with Gasteiger partial charge in [0.2, 0.25) is 4.96 Å². The monoisotopic (exact) mass is 441 g/mol. The molecule has 0 spiro atoms. The Kier molecular flexibility index (Phi) is 3.95. The Labute approximate surface area is 165 Å². The van der Waals surface area contributed by atoms with E-state index in [1.165, 1.54) is 15.9 Å². The zero-order chi connectivity index (χ0) is 18.4. The largest absolute Gasteiger partial charge is 0.485 e. The van der Waals surface area contributed by atoms with Crippen LogP contribution in [0.2, 0.25) is 0 Å². The van der Waals surface area contributed by atoms with Gasteiger partial charge in [0, 0.05) is 4.47 Å². The van der Waals surface area contributed by atoms with Crippen LogP contribution in [0, 0.1) is 0 Å². The highest BCUT2D eigenvalue weighted by Gasteiger charge is 2.27. The number of thiazole rings is 1. The van der Waals surface area contributed by atoms with Gasteiger partial charge in [-0.25, -0.2) is 0 Å². The molecule has 0 N–H and O–H groups in total. The van der Waals surface area contributed by atoms with Crippen LogP contribution in [0.15, 0.2) is 57.8 Å². The molecule has 0 aliphatic carbocycles. The van der Waals surface area contributed by atoms with Crippen molar-refractivity contribution in [2.24, 2.45) is 0 Å². The Bertz CT molecular complexity index is 1270. The van der Waals surface area contributed by atoms with E-state index in [1.54, 1.807) is 0 Å². The van der Waals surface area contributed by atoms with Crippen LogP contribution in [-0.4, -0.2) is 21.2 Å². The molecule has 0 radical (unpaired) electrons. The predicted octanol–water partition coefficient (Wildman–Crippen LogP) is 2.97. The summed E-state index contributed by atoms with van der Waals surface area (Å²) < 4.78 is 14.5. The number of halogens is 1. The molecule has 1 aliphatic heterocycles. The van der Waals surface area contributed by atoms with E-state index < -0.39 is 6.10 Å². The van der Waals surface area contributed by atoms with E-state index in [2.05, 4.69) is 26.0 Å². The number of benzene rings is 2. The summed E-state index contributed by atoms with van der Waals surface area (Å²) in [5.74, 6) is 1.79. The number of rotatable bonds is 2. The molecular formula is C19H12BrN3O3S. The van der Waals surface area contributed by atoms with E-state index in [0.29, 0.717) is 33.4 Å². The van der Waals surface area contributed by atoms with Crippen molar-refractivity contribution in [2.75, 3.05) is 6.61 Å².